The van der Waals surface area contributed by atoms with Crippen LogP contribution in [0.1, 0.15) is 28.9 Å². The molecule has 1 unspecified atom stereocenters. The van der Waals surface area contributed by atoms with Crippen LogP contribution in [0.4, 0.5) is 5.69 Å². The van der Waals surface area contributed by atoms with E-state index in [4.69, 9.17) is 11.6 Å². The zero-order chi connectivity index (χ0) is 16.8. The second kappa shape index (κ2) is 7.76. The van der Waals surface area contributed by atoms with E-state index in [2.05, 4.69) is 10.6 Å². The molecule has 0 aromatic heterocycles. The molecule has 0 spiro atoms. The van der Waals surface area contributed by atoms with Crippen molar-refractivity contribution in [2.45, 2.75) is 13.0 Å². The molecule has 0 aliphatic rings. The summed E-state index contributed by atoms with van der Waals surface area (Å²) in [5.41, 5.74) is 1.74. The van der Waals surface area contributed by atoms with Crippen molar-refractivity contribution < 1.29 is 14.7 Å². The first-order valence-corrected chi connectivity index (χ1v) is 7.43. The van der Waals surface area contributed by atoms with E-state index in [1.807, 2.05) is 0 Å². The fourth-order valence-electron chi connectivity index (χ4n) is 2.00. The lowest BCUT2D eigenvalue weighted by atomic mass is 10.1. The summed E-state index contributed by atoms with van der Waals surface area (Å²) in [5, 5.41) is 15.9. The quantitative estimate of drug-likeness (QED) is 0.787. The van der Waals surface area contributed by atoms with E-state index in [9.17, 15) is 14.7 Å². The highest BCUT2D eigenvalue weighted by molar-refractivity contribution is 6.30. The van der Waals surface area contributed by atoms with E-state index < -0.39 is 6.10 Å². The highest BCUT2D eigenvalue weighted by Gasteiger charge is 2.11. The van der Waals surface area contributed by atoms with Gasteiger partial charge in [0.15, 0.2) is 0 Å². The third-order valence-corrected chi connectivity index (χ3v) is 3.43. The molecule has 2 amide bonds. The van der Waals surface area contributed by atoms with Crippen molar-refractivity contribution in [2.75, 3.05) is 11.9 Å². The summed E-state index contributed by atoms with van der Waals surface area (Å²) in [6.07, 6.45) is -0.810. The van der Waals surface area contributed by atoms with Gasteiger partial charge in [0, 0.05) is 29.7 Å². The summed E-state index contributed by atoms with van der Waals surface area (Å²) in [6, 6.07) is 13.3. The normalized spacial score (nSPS) is 11.6. The molecular weight excluding hydrogens is 316 g/mol. The van der Waals surface area contributed by atoms with Gasteiger partial charge in [-0.15, -0.1) is 0 Å². The van der Waals surface area contributed by atoms with Gasteiger partial charge >= 0.3 is 0 Å². The number of carbonyl (C=O) groups is 2. The van der Waals surface area contributed by atoms with Crippen LogP contribution in [0.2, 0.25) is 5.02 Å². The molecule has 0 fully saturated rings. The number of nitrogens with one attached hydrogen (secondary N) is 2. The summed E-state index contributed by atoms with van der Waals surface area (Å²) in [6.45, 7) is 1.51. The second-order valence-corrected chi connectivity index (χ2v) is 5.47. The van der Waals surface area contributed by atoms with E-state index in [0.717, 1.165) is 0 Å². The second-order valence-electron chi connectivity index (χ2n) is 5.04. The van der Waals surface area contributed by atoms with E-state index in [1.165, 1.54) is 6.92 Å². The molecule has 2 aromatic carbocycles. The molecule has 0 heterocycles. The zero-order valence-electron chi connectivity index (χ0n) is 12.5. The van der Waals surface area contributed by atoms with Gasteiger partial charge in [-0.3, -0.25) is 9.59 Å². The summed E-state index contributed by atoms with van der Waals surface area (Å²) in [4.78, 5) is 23.0. The monoisotopic (exact) mass is 332 g/mol. The van der Waals surface area contributed by atoms with Crippen molar-refractivity contribution in [3.05, 3.63) is 64.7 Å². The lowest BCUT2D eigenvalue weighted by molar-refractivity contribution is -0.114. The van der Waals surface area contributed by atoms with Crippen LogP contribution < -0.4 is 10.6 Å². The number of benzene rings is 2. The number of rotatable bonds is 5. The Hall–Kier alpha value is -2.37. The Morgan fingerprint density at radius 3 is 2.26 bits per heavy atom. The van der Waals surface area contributed by atoms with Gasteiger partial charge < -0.3 is 15.7 Å². The highest BCUT2D eigenvalue weighted by Crippen LogP contribution is 2.16. The Morgan fingerprint density at radius 2 is 1.70 bits per heavy atom. The summed E-state index contributed by atoms with van der Waals surface area (Å²) < 4.78 is 0. The fraction of sp³-hybridized carbons (Fsp3) is 0.176. The Labute approximate surface area is 139 Å². The Balaban J connectivity index is 1.91. The molecule has 5 nitrogen and oxygen atoms in total. The molecule has 1 atom stereocenters. The SMILES string of the molecule is CC(=O)Nc1ccc(C(=O)NCC(O)c2ccc(Cl)cc2)cc1. The minimum atomic E-state index is -0.810. The predicted molar refractivity (Wildman–Crippen MR) is 89.5 cm³/mol. The smallest absolute Gasteiger partial charge is 0.251 e. The molecule has 2 aromatic rings. The van der Waals surface area contributed by atoms with Crippen molar-refractivity contribution >= 4 is 29.1 Å². The fourth-order valence-corrected chi connectivity index (χ4v) is 2.13. The Kier molecular flexibility index (Phi) is 5.73. The molecular formula is C17H17ClN2O3. The summed E-state index contributed by atoms with van der Waals surface area (Å²) in [5.74, 6) is -0.472. The number of hydrogen-bond donors (Lipinski definition) is 3. The van der Waals surface area contributed by atoms with Crippen LogP contribution in [0.15, 0.2) is 48.5 Å². The third kappa shape index (κ3) is 5.09. The topological polar surface area (TPSA) is 78.4 Å². The van der Waals surface area contributed by atoms with Crippen molar-refractivity contribution in [3.63, 3.8) is 0 Å². The van der Waals surface area contributed by atoms with Crippen LogP contribution in [-0.2, 0) is 4.79 Å². The van der Waals surface area contributed by atoms with E-state index in [1.54, 1.807) is 48.5 Å². The molecule has 2 rings (SSSR count). The van der Waals surface area contributed by atoms with Gasteiger partial charge in [-0.05, 0) is 42.0 Å². The number of halogens is 1. The number of carbonyl (C=O) groups excluding carboxylic acids is 2. The average Bonchev–Trinajstić information content (AvgIpc) is 2.53. The Morgan fingerprint density at radius 1 is 1.09 bits per heavy atom. The van der Waals surface area contributed by atoms with Crippen molar-refractivity contribution in [3.8, 4) is 0 Å². The molecule has 6 heteroatoms. The first-order valence-electron chi connectivity index (χ1n) is 7.05. The standard InChI is InChI=1S/C17H17ClN2O3/c1-11(21)20-15-8-4-13(5-9-15)17(23)19-10-16(22)12-2-6-14(18)7-3-12/h2-9,16,22H,10H2,1H3,(H,19,23)(H,20,21). The molecule has 3 N–H and O–H groups in total. The molecule has 0 saturated heterocycles. The molecule has 0 radical (unpaired) electrons. The summed E-state index contributed by atoms with van der Waals surface area (Å²) >= 11 is 5.79. The number of anilines is 1. The number of hydrogen-bond acceptors (Lipinski definition) is 3. The molecule has 0 aliphatic heterocycles. The lowest BCUT2D eigenvalue weighted by Gasteiger charge is -2.12. The number of amides is 2. The van der Waals surface area contributed by atoms with Crippen LogP contribution in [0.25, 0.3) is 0 Å². The van der Waals surface area contributed by atoms with Gasteiger partial charge in [-0.1, -0.05) is 23.7 Å². The maximum atomic E-state index is 12.0. The van der Waals surface area contributed by atoms with Crippen molar-refractivity contribution in [1.29, 1.82) is 0 Å². The van der Waals surface area contributed by atoms with Gasteiger partial charge in [-0.25, -0.2) is 0 Å². The maximum absolute atomic E-state index is 12.0. The summed E-state index contributed by atoms with van der Waals surface area (Å²) in [7, 11) is 0. The highest BCUT2D eigenvalue weighted by atomic mass is 35.5. The minimum Gasteiger partial charge on any atom is -0.387 e. The average molecular weight is 333 g/mol. The lowest BCUT2D eigenvalue weighted by Crippen LogP contribution is -2.28. The number of aliphatic hydroxyl groups excluding tert-OH is 1. The molecule has 23 heavy (non-hydrogen) atoms. The largest absolute Gasteiger partial charge is 0.387 e. The first-order chi connectivity index (χ1) is 11.0. The molecule has 0 aliphatic carbocycles. The van der Waals surface area contributed by atoms with Crippen LogP contribution in [0.5, 0.6) is 0 Å². The van der Waals surface area contributed by atoms with Gasteiger partial charge in [0.2, 0.25) is 5.91 Å². The van der Waals surface area contributed by atoms with Gasteiger partial charge in [0.05, 0.1) is 6.10 Å². The molecule has 0 saturated carbocycles. The van der Waals surface area contributed by atoms with Crippen LogP contribution >= 0.6 is 11.6 Å². The molecule has 120 valence electrons. The van der Waals surface area contributed by atoms with E-state index in [-0.39, 0.29) is 18.4 Å². The van der Waals surface area contributed by atoms with Gasteiger partial charge in [-0.2, -0.15) is 0 Å². The predicted octanol–water partition coefficient (Wildman–Crippen LogP) is 2.76. The van der Waals surface area contributed by atoms with E-state index in [0.29, 0.717) is 21.8 Å². The van der Waals surface area contributed by atoms with Crippen LogP contribution in [-0.4, -0.2) is 23.5 Å². The van der Waals surface area contributed by atoms with Gasteiger partial charge in [0.25, 0.3) is 5.91 Å². The minimum absolute atomic E-state index is 0.0912. The van der Waals surface area contributed by atoms with Crippen LogP contribution in [0.3, 0.4) is 0 Å². The van der Waals surface area contributed by atoms with Crippen LogP contribution in [0, 0.1) is 0 Å². The molecule has 0 bridgehead atoms. The zero-order valence-corrected chi connectivity index (χ0v) is 13.3. The van der Waals surface area contributed by atoms with Crippen molar-refractivity contribution in [2.24, 2.45) is 0 Å². The first kappa shape index (κ1) is 17.0. The van der Waals surface area contributed by atoms with Crippen molar-refractivity contribution in [1.82, 2.24) is 5.32 Å². The third-order valence-electron chi connectivity index (χ3n) is 3.18. The van der Waals surface area contributed by atoms with Gasteiger partial charge in [0.1, 0.15) is 0 Å². The Bertz CT molecular complexity index is 684. The van der Waals surface area contributed by atoms with E-state index >= 15 is 0 Å². The maximum Gasteiger partial charge on any atom is 0.251 e. The number of aliphatic hydroxyl groups is 1.